The lowest BCUT2D eigenvalue weighted by Gasteiger charge is -2.14. The van der Waals surface area contributed by atoms with Gasteiger partial charge in [0.25, 0.3) is 0 Å². The van der Waals surface area contributed by atoms with Gasteiger partial charge in [-0.3, -0.25) is 4.79 Å². The van der Waals surface area contributed by atoms with Crippen LogP contribution in [0.15, 0.2) is 24.3 Å². The predicted octanol–water partition coefficient (Wildman–Crippen LogP) is 7.47. The maximum Gasteiger partial charge on any atom is 0.341 e. The number of ether oxygens (including phenoxy) is 3. The average Bonchev–Trinajstić information content (AvgIpc) is 2.85. The molecule has 0 spiro atoms. The summed E-state index contributed by atoms with van der Waals surface area (Å²) in [5, 5.41) is 2.85. The Hall–Kier alpha value is -2.50. The van der Waals surface area contributed by atoms with Gasteiger partial charge in [-0.15, -0.1) is 0 Å². The molecule has 0 bridgehead atoms. The number of allylic oxidation sites excluding steroid dienone is 2. The number of hydrogen-bond acceptors (Lipinski definition) is 5. The van der Waals surface area contributed by atoms with Crippen molar-refractivity contribution in [2.45, 2.75) is 96.8 Å². The molecule has 1 aromatic carbocycles. The van der Waals surface area contributed by atoms with E-state index >= 15 is 0 Å². The minimum absolute atomic E-state index is 0.100. The summed E-state index contributed by atoms with van der Waals surface area (Å²) in [5.74, 6) is 0.130. The largest absolute Gasteiger partial charge is 0.496 e. The molecule has 1 amide bonds. The van der Waals surface area contributed by atoms with E-state index in [0.717, 1.165) is 25.7 Å². The van der Waals surface area contributed by atoms with Gasteiger partial charge in [-0.1, -0.05) is 70.4 Å². The van der Waals surface area contributed by atoms with Crippen molar-refractivity contribution in [1.82, 2.24) is 0 Å². The topological polar surface area (TPSA) is 73.9 Å². The van der Waals surface area contributed by atoms with Crippen LogP contribution in [0.5, 0.6) is 11.5 Å². The molecule has 192 valence electrons. The summed E-state index contributed by atoms with van der Waals surface area (Å²) < 4.78 is 15.4. The molecule has 0 fully saturated rings. The number of anilines is 1. The number of hydrogen-bond donors (Lipinski definition) is 1. The second kappa shape index (κ2) is 18.9. The van der Waals surface area contributed by atoms with Crippen LogP contribution in [0.2, 0.25) is 0 Å². The first-order valence-corrected chi connectivity index (χ1v) is 12.9. The number of rotatable bonds is 19. The van der Waals surface area contributed by atoms with Gasteiger partial charge >= 0.3 is 5.97 Å². The normalized spacial score (nSPS) is 10.9. The van der Waals surface area contributed by atoms with Crippen molar-refractivity contribution in [2.75, 3.05) is 26.6 Å². The number of amides is 1. The van der Waals surface area contributed by atoms with E-state index in [9.17, 15) is 9.59 Å². The smallest absolute Gasteiger partial charge is 0.341 e. The zero-order valence-corrected chi connectivity index (χ0v) is 21.8. The molecular weight excluding hydrogens is 430 g/mol. The molecule has 34 heavy (non-hydrogen) atoms. The highest BCUT2D eigenvalue weighted by Gasteiger charge is 2.18. The fraction of sp³-hybridized carbons (Fsp3) is 0.643. The van der Waals surface area contributed by atoms with Crippen molar-refractivity contribution >= 4 is 17.6 Å². The molecule has 0 saturated heterocycles. The van der Waals surface area contributed by atoms with E-state index in [-0.39, 0.29) is 11.5 Å². The van der Waals surface area contributed by atoms with Crippen molar-refractivity contribution in [2.24, 2.45) is 0 Å². The summed E-state index contributed by atoms with van der Waals surface area (Å²) >= 11 is 0. The number of carbonyl (C=O) groups excluding carboxylic acids is 2. The van der Waals surface area contributed by atoms with Crippen molar-refractivity contribution < 1.29 is 23.8 Å². The number of unbranched alkanes of at least 4 members (excludes halogenated alkanes) is 11. The molecular formula is C28H45NO5. The minimum Gasteiger partial charge on any atom is -0.496 e. The van der Waals surface area contributed by atoms with E-state index in [2.05, 4.69) is 24.4 Å². The Bertz CT molecular complexity index is 745. The predicted molar refractivity (Wildman–Crippen MR) is 139 cm³/mol. The molecule has 6 nitrogen and oxygen atoms in total. The van der Waals surface area contributed by atoms with Crippen LogP contribution in [-0.4, -0.2) is 33.2 Å². The molecule has 0 aromatic heterocycles. The monoisotopic (exact) mass is 475 g/mol. The summed E-state index contributed by atoms with van der Waals surface area (Å²) in [4.78, 5) is 24.4. The Labute approximate surface area is 206 Å². The molecule has 1 N–H and O–H groups in total. The van der Waals surface area contributed by atoms with Crippen LogP contribution >= 0.6 is 0 Å². The van der Waals surface area contributed by atoms with E-state index in [1.165, 1.54) is 85.2 Å². The first-order chi connectivity index (χ1) is 16.6. The number of carbonyl (C=O) groups is 2. The van der Waals surface area contributed by atoms with Gasteiger partial charge in [-0.05, 0) is 38.2 Å². The number of methoxy groups -OCH3 is 3. The third-order valence-electron chi connectivity index (χ3n) is 5.87. The SMILES string of the molecule is CCCCCCCC/C=C/CCCCCCCC(=O)Nc1cc(C(=O)OC)c(OC)cc1OC. The molecule has 0 aliphatic rings. The first-order valence-electron chi connectivity index (χ1n) is 12.9. The van der Waals surface area contributed by atoms with Crippen molar-refractivity contribution in [3.63, 3.8) is 0 Å². The Morgan fingerprint density at radius 1 is 0.765 bits per heavy atom. The minimum atomic E-state index is -0.535. The lowest BCUT2D eigenvalue weighted by atomic mass is 10.1. The third-order valence-corrected chi connectivity index (χ3v) is 5.87. The molecule has 0 atom stereocenters. The van der Waals surface area contributed by atoms with Crippen LogP contribution in [-0.2, 0) is 9.53 Å². The van der Waals surface area contributed by atoms with Crippen LogP contribution in [0.25, 0.3) is 0 Å². The first kappa shape index (κ1) is 29.5. The number of nitrogens with one attached hydrogen (secondary N) is 1. The van der Waals surface area contributed by atoms with Gasteiger partial charge in [0.15, 0.2) is 0 Å². The maximum atomic E-state index is 12.4. The fourth-order valence-electron chi connectivity index (χ4n) is 3.84. The summed E-state index contributed by atoms with van der Waals surface area (Å²) in [7, 11) is 4.27. The highest BCUT2D eigenvalue weighted by molar-refractivity contribution is 5.98. The van der Waals surface area contributed by atoms with Crippen molar-refractivity contribution in [1.29, 1.82) is 0 Å². The highest BCUT2D eigenvalue weighted by atomic mass is 16.5. The lowest BCUT2D eigenvalue weighted by molar-refractivity contribution is -0.116. The van der Waals surface area contributed by atoms with E-state index in [1.54, 1.807) is 6.07 Å². The summed E-state index contributed by atoms with van der Waals surface area (Å²) in [6.07, 6.45) is 21.0. The van der Waals surface area contributed by atoms with Crippen LogP contribution in [0.3, 0.4) is 0 Å². The average molecular weight is 476 g/mol. The van der Waals surface area contributed by atoms with Crippen LogP contribution in [0, 0.1) is 0 Å². The lowest BCUT2D eigenvalue weighted by Crippen LogP contribution is -2.13. The number of esters is 1. The zero-order valence-electron chi connectivity index (χ0n) is 21.8. The molecule has 0 aliphatic carbocycles. The van der Waals surface area contributed by atoms with Gasteiger partial charge in [-0.25, -0.2) is 4.79 Å². The molecule has 0 aliphatic heterocycles. The standard InChI is InChI=1S/C28H45NO5/c1-5-6-7-8-9-10-11-12-13-14-15-16-17-18-19-20-27(30)29-24-21-23(28(31)34-4)25(32-2)22-26(24)33-3/h12-13,21-22H,5-11,14-20H2,1-4H3,(H,29,30)/b13-12+. The van der Waals surface area contributed by atoms with Gasteiger partial charge in [0.05, 0.1) is 27.0 Å². The zero-order chi connectivity index (χ0) is 25.0. The van der Waals surface area contributed by atoms with Crippen molar-refractivity contribution in [3.05, 3.63) is 29.8 Å². The molecule has 1 aromatic rings. The molecule has 1 rings (SSSR count). The summed E-state index contributed by atoms with van der Waals surface area (Å²) in [5.41, 5.74) is 0.670. The maximum absolute atomic E-state index is 12.4. The van der Waals surface area contributed by atoms with E-state index < -0.39 is 5.97 Å². The Morgan fingerprint density at radius 3 is 1.88 bits per heavy atom. The Balaban J connectivity index is 2.22. The summed E-state index contributed by atoms with van der Waals surface area (Å²) in [6, 6.07) is 3.10. The second-order valence-corrected chi connectivity index (χ2v) is 8.63. The van der Waals surface area contributed by atoms with Crippen LogP contribution in [0.1, 0.15) is 107 Å². The fourth-order valence-corrected chi connectivity index (χ4v) is 3.84. The molecule has 0 saturated carbocycles. The van der Waals surface area contributed by atoms with Gasteiger partial charge in [0, 0.05) is 12.5 Å². The third kappa shape index (κ3) is 12.1. The number of benzene rings is 1. The van der Waals surface area contributed by atoms with Gasteiger partial charge in [0.2, 0.25) is 5.91 Å². The van der Waals surface area contributed by atoms with Gasteiger partial charge in [-0.2, -0.15) is 0 Å². The van der Waals surface area contributed by atoms with E-state index in [4.69, 9.17) is 14.2 Å². The van der Waals surface area contributed by atoms with Crippen LogP contribution in [0.4, 0.5) is 5.69 Å². The summed E-state index contributed by atoms with van der Waals surface area (Å²) in [6.45, 7) is 2.26. The van der Waals surface area contributed by atoms with Gasteiger partial charge < -0.3 is 19.5 Å². The highest BCUT2D eigenvalue weighted by Crippen LogP contribution is 2.33. The van der Waals surface area contributed by atoms with Gasteiger partial charge in [0.1, 0.15) is 17.1 Å². The molecule has 0 unspecified atom stereocenters. The molecule has 0 radical (unpaired) electrons. The molecule has 0 heterocycles. The van der Waals surface area contributed by atoms with Crippen LogP contribution < -0.4 is 14.8 Å². The molecule has 6 heteroatoms. The van der Waals surface area contributed by atoms with E-state index in [0.29, 0.717) is 23.6 Å². The quantitative estimate of drug-likeness (QED) is 0.128. The Kier molecular flexibility index (Phi) is 16.4. The van der Waals surface area contributed by atoms with E-state index in [1.807, 2.05) is 0 Å². The Morgan fingerprint density at radius 2 is 1.32 bits per heavy atom. The van der Waals surface area contributed by atoms with Crippen molar-refractivity contribution in [3.8, 4) is 11.5 Å². The second-order valence-electron chi connectivity index (χ2n) is 8.63.